The van der Waals surface area contributed by atoms with E-state index in [0.29, 0.717) is 29.3 Å². The number of ketones is 1. The van der Waals surface area contributed by atoms with Gasteiger partial charge in [-0.15, -0.1) is 0 Å². The van der Waals surface area contributed by atoms with E-state index in [2.05, 4.69) is 25.5 Å². The molecule has 7 aliphatic rings. The van der Waals surface area contributed by atoms with Crippen LogP contribution in [0.15, 0.2) is 30.4 Å². The minimum Gasteiger partial charge on any atom is -0.493 e. The van der Waals surface area contributed by atoms with Crippen LogP contribution < -0.4 is 9.47 Å². The second kappa shape index (κ2) is 7.38. The van der Waals surface area contributed by atoms with E-state index in [1.165, 1.54) is 7.11 Å². The van der Waals surface area contributed by atoms with Gasteiger partial charge in [0, 0.05) is 47.6 Å². The van der Waals surface area contributed by atoms with Gasteiger partial charge in [-0.2, -0.15) is 0 Å². The van der Waals surface area contributed by atoms with E-state index in [1.54, 1.807) is 25.3 Å². The molecule has 1 aliphatic heterocycles. The van der Waals surface area contributed by atoms with Crippen LogP contribution in [-0.2, 0) is 9.53 Å². The lowest BCUT2D eigenvalue weighted by atomic mass is 9.38. The van der Waals surface area contributed by atoms with Crippen LogP contribution in [-0.4, -0.2) is 67.8 Å². The summed E-state index contributed by atoms with van der Waals surface area (Å²) in [5.74, 6) is 0.837. The topological polar surface area (TPSA) is 85.3 Å². The molecular weight excluding hydrogens is 470 g/mol. The summed E-state index contributed by atoms with van der Waals surface area (Å²) in [6, 6.07) is 5.23. The van der Waals surface area contributed by atoms with E-state index in [4.69, 9.17) is 14.2 Å². The molecule has 8 rings (SSSR count). The van der Waals surface area contributed by atoms with E-state index in [9.17, 15) is 14.7 Å². The molecule has 0 radical (unpaired) electrons. The summed E-state index contributed by atoms with van der Waals surface area (Å²) < 4.78 is 17.1. The number of carbonyl (C=O) groups excluding carboxylic acids is 2. The van der Waals surface area contributed by atoms with E-state index >= 15 is 0 Å². The Morgan fingerprint density at radius 2 is 1.92 bits per heavy atom. The van der Waals surface area contributed by atoms with Crippen LogP contribution in [0.3, 0.4) is 0 Å². The van der Waals surface area contributed by atoms with E-state index in [0.717, 1.165) is 37.8 Å². The maximum Gasteiger partial charge on any atom is 0.338 e. The highest BCUT2D eigenvalue weighted by Crippen LogP contribution is 2.82. The number of hydrogen-bond acceptors (Lipinski definition) is 7. The molecule has 2 spiro atoms. The fourth-order valence-corrected chi connectivity index (χ4v) is 11.2. The SMILES string of the molecule is C=C1[C@H]2C[C@@H]3[C@H]4N(C)C[C@]5(C)CCC[C@]46[C@H]([C@H]2O)[C@]3(CC(=O)[C@@H]56)[C@@H]1OC(=O)c1ccc(OC)c(OC)c1. The number of rotatable bonds is 4. The van der Waals surface area contributed by atoms with Crippen molar-refractivity contribution in [3.63, 3.8) is 0 Å². The number of likely N-dealkylation sites (tertiary alicyclic amines) is 1. The zero-order chi connectivity index (χ0) is 26.1. The highest BCUT2D eigenvalue weighted by molar-refractivity contribution is 5.91. The quantitative estimate of drug-likeness (QED) is 0.493. The van der Waals surface area contributed by atoms with E-state index in [-0.39, 0.29) is 40.5 Å². The molecule has 0 aromatic heterocycles. The normalized spacial score (nSPS) is 47.1. The number of Topliss-reactive ketones (excluding diaryl/α,β-unsaturated/α-hetero) is 1. The molecule has 0 amide bonds. The molecule has 37 heavy (non-hydrogen) atoms. The Bertz CT molecular complexity index is 1230. The first-order valence-corrected chi connectivity index (χ1v) is 13.7. The molecule has 7 heteroatoms. The highest BCUT2D eigenvalue weighted by atomic mass is 16.5. The van der Waals surface area contributed by atoms with Crippen LogP contribution in [0.2, 0.25) is 0 Å². The predicted octanol–water partition coefficient (Wildman–Crippen LogP) is 3.49. The van der Waals surface area contributed by atoms with Crippen molar-refractivity contribution in [1.82, 2.24) is 4.90 Å². The first kappa shape index (κ1) is 23.7. The Kier molecular flexibility index (Phi) is 4.73. The van der Waals surface area contributed by atoms with Crippen molar-refractivity contribution in [2.24, 2.45) is 39.9 Å². The van der Waals surface area contributed by atoms with Crippen molar-refractivity contribution in [3.05, 3.63) is 35.9 Å². The molecule has 0 unspecified atom stereocenters. The maximum absolute atomic E-state index is 14.2. The Labute approximate surface area is 218 Å². The van der Waals surface area contributed by atoms with E-state index < -0.39 is 23.6 Å². The molecule has 1 N–H and O–H groups in total. The zero-order valence-corrected chi connectivity index (χ0v) is 22.2. The Morgan fingerprint density at radius 1 is 1.16 bits per heavy atom. The number of aliphatic hydroxyl groups excluding tert-OH is 1. The van der Waals surface area contributed by atoms with Crippen LogP contribution in [0.1, 0.15) is 49.4 Å². The summed E-state index contributed by atoms with van der Waals surface area (Å²) in [4.78, 5) is 30.3. The minimum absolute atomic E-state index is 0.0277. The number of carbonyl (C=O) groups is 2. The Hall–Kier alpha value is -2.38. The van der Waals surface area contributed by atoms with Gasteiger partial charge in [-0.1, -0.05) is 19.9 Å². The lowest BCUT2D eigenvalue weighted by Gasteiger charge is -2.67. The van der Waals surface area contributed by atoms with Gasteiger partial charge in [0.1, 0.15) is 11.9 Å². The van der Waals surface area contributed by atoms with Gasteiger partial charge in [-0.05, 0) is 61.4 Å². The van der Waals surface area contributed by atoms with Gasteiger partial charge in [0.2, 0.25) is 0 Å². The van der Waals surface area contributed by atoms with Crippen LogP contribution >= 0.6 is 0 Å². The smallest absolute Gasteiger partial charge is 0.338 e. The molecule has 198 valence electrons. The number of hydrogen-bond donors (Lipinski definition) is 1. The number of fused-ring (bicyclic) bond motifs is 1. The monoisotopic (exact) mass is 507 g/mol. The van der Waals surface area contributed by atoms with Crippen molar-refractivity contribution >= 4 is 11.8 Å². The summed E-state index contributed by atoms with van der Waals surface area (Å²) in [6.07, 6.45) is 3.14. The number of benzene rings is 1. The van der Waals surface area contributed by atoms with Gasteiger partial charge in [0.05, 0.1) is 25.9 Å². The third-order valence-electron chi connectivity index (χ3n) is 11.7. The molecule has 1 aromatic rings. The van der Waals surface area contributed by atoms with Crippen LogP contribution in [0, 0.1) is 39.9 Å². The molecule has 7 fully saturated rings. The van der Waals surface area contributed by atoms with Crippen LogP contribution in [0.5, 0.6) is 11.5 Å². The third-order valence-corrected chi connectivity index (χ3v) is 11.7. The van der Waals surface area contributed by atoms with Crippen molar-refractivity contribution in [2.45, 2.75) is 57.3 Å². The summed E-state index contributed by atoms with van der Waals surface area (Å²) in [7, 11) is 5.30. The second-order valence-electron chi connectivity index (χ2n) is 13.0. The van der Waals surface area contributed by atoms with Gasteiger partial charge in [-0.25, -0.2) is 4.79 Å². The molecule has 1 aromatic carbocycles. The average Bonchev–Trinajstić information content (AvgIpc) is 2.96. The number of piperidine rings is 1. The maximum atomic E-state index is 14.2. The standard InChI is InChI=1S/C30H37NO6/c1-15-17-12-18-25-29-10-6-9-28(2,14-31(25)3)23(29)19(32)13-30(18,24(29)22(17)33)26(15)37-27(34)16-7-8-20(35-4)21(11-16)36-5/h7-8,11,17-18,22-26,33H,1,6,9-10,12-14H2,2-5H3/t17-,18-,22+,23+,24+,25-,26-,28+,29+,30-/m1/s1. The third kappa shape index (κ3) is 2.56. The largest absolute Gasteiger partial charge is 0.493 e. The van der Waals surface area contributed by atoms with E-state index in [1.807, 2.05) is 0 Å². The number of esters is 1. The van der Waals surface area contributed by atoms with Crippen LogP contribution in [0.4, 0.5) is 0 Å². The van der Waals surface area contributed by atoms with Gasteiger partial charge in [-0.3, -0.25) is 4.79 Å². The first-order valence-electron chi connectivity index (χ1n) is 13.7. The molecule has 6 bridgehead atoms. The lowest BCUT2D eigenvalue weighted by Crippen LogP contribution is -2.71. The van der Waals surface area contributed by atoms with Crippen molar-refractivity contribution < 1.29 is 28.9 Å². The molecule has 6 aliphatic carbocycles. The first-order chi connectivity index (χ1) is 17.6. The average molecular weight is 508 g/mol. The van der Waals surface area contributed by atoms with Gasteiger partial charge >= 0.3 is 5.97 Å². The highest BCUT2D eigenvalue weighted by Gasteiger charge is 2.85. The summed E-state index contributed by atoms with van der Waals surface area (Å²) in [5.41, 5.74) is 0.210. The molecule has 1 heterocycles. The number of nitrogens with zero attached hydrogens (tertiary/aromatic N) is 1. The van der Waals surface area contributed by atoms with Crippen LogP contribution in [0.25, 0.3) is 0 Å². The Balaban J connectivity index is 1.34. The minimum atomic E-state index is -0.605. The fraction of sp³-hybridized carbons (Fsp3) is 0.667. The second-order valence-corrected chi connectivity index (χ2v) is 13.0. The molecule has 10 atom stereocenters. The summed E-state index contributed by atoms with van der Waals surface area (Å²) in [5, 5.41) is 11.9. The van der Waals surface area contributed by atoms with Crippen molar-refractivity contribution in [3.8, 4) is 11.5 Å². The lowest BCUT2D eigenvalue weighted by molar-refractivity contribution is -0.222. The van der Waals surface area contributed by atoms with Crippen molar-refractivity contribution in [1.29, 1.82) is 0 Å². The van der Waals surface area contributed by atoms with Gasteiger partial charge in [0.15, 0.2) is 11.5 Å². The van der Waals surface area contributed by atoms with Gasteiger partial charge < -0.3 is 24.2 Å². The molecule has 6 saturated carbocycles. The number of methoxy groups -OCH3 is 2. The van der Waals surface area contributed by atoms with Crippen molar-refractivity contribution in [2.75, 3.05) is 27.8 Å². The Morgan fingerprint density at radius 3 is 2.65 bits per heavy atom. The predicted molar refractivity (Wildman–Crippen MR) is 135 cm³/mol. The summed E-state index contributed by atoms with van der Waals surface area (Å²) >= 11 is 0. The molecular formula is C30H37NO6. The van der Waals surface area contributed by atoms with Gasteiger partial charge in [0.25, 0.3) is 0 Å². The zero-order valence-electron chi connectivity index (χ0n) is 22.2. The molecule has 1 saturated heterocycles. The number of aliphatic hydroxyl groups is 1. The molecule has 7 nitrogen and oxygen atoms in total. The number of ether oxygens (including phenoxy) is 3. The fourth-order valence-electron chi connectivity index (χ4n) is 11.2. The summed E-state index contributed by atoms with van der Waals surface area (Å²) in [6.45, 7) is 7.59.